The summed E-state index contributed by atoms with van der Waals surface area (Å²) in [6.07, 6.45) is -3.81. The summed E-state index contributed by atoms with van der Waals surface area (Å²) in [6.45, 7) is 0.378. The molecule has 2 atom stereocenters. The van der Waals surface area contributed by atoms with Gasteiger partial charge >= 0.3 is 12.1 Å². The number of rotatable bonds is 10. The smallest absolute Gasteiger partial charge is 0.452 e. The Balaban J connectivity index is 1.64. The van der Waals surface area contributed by atoms with Gasteiger partial charge < -0.3 is 14.4 Å². The van der Waals surface area contributed by atoms with Gasteiger partial charge in [-0.25, -0.2) is 8.42 Å². The van der Waals surface area contributed by atoms with Crippen LogP contribution in [-0.2, 0) is 31.1 Å². The molecule has 0 unspecified atom stereocenters. The molecule has 0 saturated heterocycles. The number of methoxy groups -OCH3 is 1. The van der Waals surface area contributed by atoms with Crippen LogP contribution in [0.1, 0.15) is 30.6 Å². The number of benzene rings is 1. The highest BCUT2D eigenvalue weighted by Gasteiger charge is 2.74. The molecule has 2 N–H and O–H groups in total. The van der Waals surface area contributed by atoms with Crippen LogP contribution < -0.4 is 4.72 Å². The van der Waals surface area contributed by atoms with Gasteiger partial charge in [-0.05, 0) is 37.0 Å². The monoisotopic (exact) mass is 530 g/mol. The van der Waals surface area contributed by atoms with Crippen molar-refractivity contribution in [2.24, 2.45) is 0 Å². The number of carboxylic acids is 1. The van der Waals surface area contributed by atoms with Gasteiger partial charge in [-0.15, -0.1) is 11.3 Å². The number of halogens is 3. The van der Waals surface area contributed by atoms with Crippen LogP contribution in [-0.4, -0.2) is 43.9 Å². The first kappa shape index (κ1) is 25.4. The van der Waals surface area contributed by atoms with Gasteiger partial charge in [0, 0.05) is 25.2 Å². The average Bonchev–Trinajstić information content (AvgIpc) is 3.19. The molecule has 0 bridgehead atoms. The lowest BCUT2D eigenvalue weighted by molar-refractivity contribution is -0.155. The Morgan fingerprint density at radius 3 is 2.57 bits per heavy atom. The minimum atomic E-state index is -4.73. The van der Waals surface area contributed by atoms with Crippen LogP contribution in [0, 0.1) is 0 Å². The molecule has 1 aromatic carbocycles. The van der Waals surface area contributed by atoms with Crippen molar-refractivity contribution >= 4 is 27.3 Å². The second kappa shape index (κ2) is 9.04. The topological polar surface area (TPSA) is 119 Å². The zero-order chi connectivity index (χ0) is 25.5. The van der Waals surface area contributed by atoms with E-state index in [0.717, 1.165) is 0 Å². The molecule has 1 fully saturated rings. The Hall–Kier alpha value is -2.74. The molecular weight excluding hydrogens is 509 g/mol. The van der Waals surface area contributed by atoms with E-state index in [0.29, 0.717) is 42.4 Å². The summed E-state index contributed by atoms with van der Waals surface area (Å²) in [4.78, 5) is 12.6. The number of alkyl halides is 3. The summed E-state index contributed by atoms with van der Waals surface area (Å²) < 4.78 is 76.4. The van der Waals surface area contributed by atoms with E-state index in [1.807, 2.05) is 0 Å². The number of thiophene rings is 1. The van der Waals surface area contributed by atoms with Gasteiger partial charge in [0.25, 0.3) is 10.0 Å². The van der Waals surface area contributed by atoms with Crippen LogP contribution in [0.3, 0.4) is 0 Å². The van der Waals surface area contributed by atoms with Crippen LogP contribution in [0.4, 0.5) is 13.2 Å². The minimum absolute atomic E-state index is 0.0404. The maximum Gasteiger partial charge on any atom is 0.452 e. The fraction of sp³-hybridized carbons (Fsp3) is 0.364. The first-order valence-corrected chi connectivity index (χ1v) is 12.7. The summed E-state index contributed by atoms with van der Waals surface area (Å²) in [7, 11) is -2.82. The van der Waals surface area contributed by atoms with Crippen molar-refractivity contribution in [2.75, 3.05) is 13.7 Å². The Kier molecular flexibility index (Phi) is 6.55. The molecule has 188 valence electrons. The average molecular weight is 531 g/mol. The lowest BCUT2D eigenvalue weighted by Gasteiger charge is -2.24. The Morgan fingerprint density at radius 2 is 1.97 bits per heavy atom. The minimum Gasteiger partial charge on any atom is -0.480 e. The third kappa shape index (κ3) is 4.60. The van der Waals surface area contributed by atoms with Crippen molar-refractivity contribution < 1.29 is 40.8 Å². The van der Waals surface area contributed by atoms with Gasteiger partial charge in [0.15, 0.2) is 0 Å². The van der Waals surface area contributed by atoms with E-state index >= 15 is 0 Å². The normalized spacial score (nSPS) is 22.3. The molecule has 1 aliphatic carbocycles. The second-order valence-corrected chi connectivity index (χ2v) is 11.2. The zero-order valence-electron chi connectivity index (χ0n) is 18.3. The third-order valence-electron chi connectivity index (χ3n) is 6.10. The highest BCUT2D eigenvalue weighted by Crippen LogP contribution is 2.61. The van der Waals surface area contributed by atoms with Crippen LogP contribution in [0.25, 0.3) is 10.6 Å². The fourth-order valence-electron chi connectivity index (χ4n) is 4.34. The fourth-order valence-corrected chi connectivity index (χ4v) is 7.03. The van der Waals surface area contributed by atoms with Crippen molar-refractivity contribution in [1.29, 1.82) is 0 Å². The van der Waals surface area contributed by atoms with Gasteiger partial charge in [0.2, 0.25) is 5.76 Å². The lowest BCUT2D eigenvalue weighted by Crippen LogP contribution is -2.48. The SMILES string of the molecule is COCCC[C@@]1(c2ccccc2)C[C@]1(NS(=O)(=O)c1ccc(-c2cc(C(F)(F)F)on2)s1)C(=O)O. The van der Waals surface area contributed by atoms with E-state index < -0.39 is 38.9 Å². The van der Waals surface area contributed by atoms with Gasteiger partial charge in [0.1, 0.15) is 15.4 Å². The molecule has 1 saturated carbocycles. The van der Waals surface area contributed by atoms with Crippen molar-refractivity contribution in [2.45, 2.75) is 40.6 Å². The maximum absolute atomic E-state index is 13.2. The number of aliphatic carboxylic acids is 1. The number of hydrogen-bond donors (Lipinski definition) is 2. The second-order valence-electron chi connectivity index (χ2n) is 8.23. The van der Waals surface area contributed by atoms with Crippen LogP contribution >= 0.6 is 11.3 Å². The van der Waals surface area contributed by atoms with Gasteiger partial charge in [-0.1, -0.05) is 35.5 Å². The molecule has 3 aromatic rings. The molecule has 0 aliphatic heterocycles. The number of nitrogens with zero attached hydrogens (tertiary/aromatic N) is 1. The lowest BCUT2D eigenvalue weighted by atomic mass is 9.86. The van der Waals surface area contributed by atoms with Crippen LogP contribution in [0.2, 0.25) is 0 Å². The van der Waals surface area contributed by atoms with E-state index in [1.165, 1.54) is 19.2 Å². The number of ether oxygens (including phenoxy) is 1. The number of hydrogen-bond acceptors (Lipinski definition) is 7. The van der Waals surface area contributed by atoms with Crippen LogP contribution in [0.5, 0.6) is 0 Å². The van der Waals surface area contributed by atoms with E-state index in [9.17, 15) is 31.5 Å². The number of aromatic nitrogens is 1. The summed E-state index contributed by atoms with van der Waals surface area (Å²) in [6, 6.07) is 12.0. The van der Waals surface area contributed by atoms with Crippen molar-refractivity contribution in [3.8, 4) is 10.6 Å². The Bertz CT molecular complexity index is 1320. The van der Waals surface area contributed by atoms with E-state index in [4.69, 9.17) is 4.74 Å². The number of carboxylic acid groups (broad SMARTS) is 1. The summed E-state index contributed by atoms with van der Waals surface area (Å²) in [5.41, 5.74) is -2.27. The van der Waals surface area contributed by atoms with Gasteiger partial charge in [-0.2, -0.15) is 17.9 Å². The quantitative estimate of drug-likeness (QED) is 0.375. The third-order valence-corrected chi connectivity index (χ3v) is 9.19. The molecule has 8 nitrogen and oxygen atoms in total. The van der Waals surface area contributed by atoms with E-state index in [1.54, 1.807) is 30.3 Å². The molecule has 4 rings (SSSR count). The molecule has 1 aliphatic rings. The number of nitrogens with one attached hydrogen (secondary N) is 1. The molecule has 0 spiro atoms. The molecule has 35 heavy (non-hydrogen) atoms. The van der Waals surface area contributed by atoms with Crippen LogP contribution in [0.15, 0.2) is 57.3 Å². The summed E-state index contributed by atoms with van der Waals surface area (Å²) in [5.74, 6) is -2.62. The highest BCUT2D eigenvalue weighted by atomic mass is 32.2. The van der Waals surface area contributed by atoms with E-state index in [2.05, 4.69) is 14.4 Å². The predicted molar refractivity (Wildman–Crippen MR) is 119 cm³/mol. The first-order chi connectivity index (χ1) is 16.5. The molecule has 0 amide bonds. The van der Waals surface area contributed by atoms with Crippen molar-refractivity contribution in [3.05, 3.63) is 59.9 Å². The summed E-state index contributed by atoms with van der Waals surface area (Å²) >= 11 is 0.661. The van der Waals surface area contributed by atoms with Crippen molar-refractivity contribution in [1.82, 2.24) is 9.88 Å². The van der Waals surface area contributed by atoms with E-state index in [-0.39, 0.29) is 21.2 Å². The Labute approximate surface area is 202 Å². The number of sulfonamides is 1. The summed E-state index contributed by atoms with van der Waals surface area (Å²) in [5, 5.41) is 13.5. The highest BCUT2D eigenvalue weighted by molar-refractivity contribution is 7.91. The molecule has 0 radical (unpaired) electrons. The predicted octanol–water partition coefficient (Wildman–Crippen LogP) is 4.29. The molecule has 2 heterocycles. The Morgan fingerprint density at radius 1 is 1.26 bits per heavy atom. The van der Waals surface area contributed by atoms with Gasteiger partial charge in [-0.3, -0.25) is 4.79 Å². The van der Waals surface area contributed by atoms with Gasteiger partial charge in [0.05, 0.1) is 4.88 Å². The molecule has 13 heteroatoms. The maximum atomic E-state index is 13.2. The standard InChI is InChI=1S/C22H21F3N2O6S2/c1-32-11-5-10-20(14-6-3-2-4-7-14)13-21(20,19(28)29)27-35(30,31)18-9-8-16(34-18)15-12-17(33-26-15)22(23,24)25/h2-4,6-9,12,27H,5,10-11,13H2,1H3,(H,28,29)/t20-,21-/m0/s1. The molecular formula is C22H21F3N2O6S2. The number of carbonyl (C=O) groups is 1. The first-order valence-electron chi connectivity index (χ1n) is 10.4. The largest absolute Gasteiger partial charge is 0.480 e. The van der Waals surface area contributed by atoms with Crippen molar-refractivity contribution in [3.63, 3.8) is 0 Å². The zero-order valence-corrected chi connectivity index (χ0v) is 20.0. The molecule has 2 aromatic heterocycles.